The SMILES string of the molecule is [2H]c1c([2H])c(-c2ccccc2)c(N2[CH-]N(c3[c-]c(N4[CH-]N(c5c(-c6ccccc6)c([2H])c([2H])c([2H])c5-c5ccc6c(c5)C(C)(C)CCC6(C)C)c5ccccc54)ccc3)c3ccccc32)c(-c2ccc3c(c2)C(C)(C)CCC3(C)C)c1[2H].[C-]#N.[Pt+4]. The Bertz CT molecular complexity index is 3860. The van der Waals surface area contributed by atoms with Crippen LogP contribution in [0.1, 0.15) is 112 Å². The third-order valence-corrected chi connectivity index (χ3v) is 17.1. The molecule has 0 unspecified atom stereocenters. The third kappa shape index (κ3) is 9.27. The minimum absolute atomic E-state index is 0. The van der Waals surface area contributed by atoms with Gasteiger partial charge in [-0.25, -0.2) is 0 Å². The summed E-state index contributed by atoms with van der Waals surface area (Å²) in [5.41, 5.74) is 16.7. The van der Waals surface area contributed by atoms with Gasteiger partial charge in [0.15, 0.2) is 0 Å². The molecule has 13 rings (SSSR count). The second kappa shape index (κ2) is 20.5. The molecule has 2 aliphatic heterocycles. The molecule has 5 nitrogen and oxygen atoms in total. The minimum Gasteiger partial charge on any atom is -0.512 e. The monoisotopic (exact) mass is 1210 g/mol. The molecule has 0 spiro atoms. The van der Waals surface area contributed by atoms with Gasteiger partial charge in [0.05, 0.1) is 8.22 Å². The van der Waals surface area contributed by atoms with Crippen LogP contribution in [0.4, 0.5) is 45.5 Å². The summed E-state index contributed by atoms with van der Waals surface area (Å²) in [5, 5.41) is 6.25. The average Bonchev–Trinajstić information content (AvgIpc) is 2.55. The molecule has 6 heteroatoms. The molecular formula is C73H67N5Pt. The molecule has 9 aromatic rings. The fourth-order valence-corrected chi connectivity index (χ4v) is 12.5. The van der Waals surface area contributed by atoms with Crippen molar-refractivity contribution in [1.82, 2.24) is 0 Å². The number of benzene rings is 9. The number of nitrogens with zero attached hydrogens (tertiary/aromatic N) is 5. The van der Waals surface area contributed by atoms with Gasteiger partial charge < -0.3 is 31.4 Å². The maximum Gasteiger partial charge on any atom is 4.00 e. The van der Waals surface area contributed by atoms with Crippen molar-refractivity contribution in [3.63, 3.8) is 0 Å². The molecular weight excluding hydrogens is 1140 g/mol. The van der Waals surface area contributed by atoms with Crippen LogP contribution < -0.4 is 19.6 Å². The fraction of sp³-hybridized carbons (Fsp3) is 0.219. The summed E-state index contributed by atoms with van der Waals surface area (Å²) < 4.78 is 57.8. The molecule has 0 atom stereocenters. The van der Waals surface area contributed by atoms with E-state index in [0.717, 1.165) is 82.1 Å². The second-order valence-corrected chi connectivity index (χ2v) is 23.8. The van der Waals surface area contributed by atoms with Gasteiger partial charge in [0.25, 0.3) is 0 Å². The molecule has 4 aliphatic rings. The smallest absolute Gasteiger partial charge is 0.512 e. The Hall–Kier alpha value is -7.64. The molecule has 0 N–H and O–H groups in total. The van der Waals surface area contributed by atoms with Crippen molar-refractivity contribution >= 4 is 45.5 Å². The van der Waals surface area contributed by atoms with Crippen LogP contribution in [-0.2, 0) is 42.7 Å². The van der Waals surface area contributed by atoms with Crippen LogP contribution in [0.15, 0.2) is 200 Å². The number of hydrogen-bond donors (Lipinski definition) is 0. The number of fused-ring (bicyclic) bond motifs is 4. The molecule has 79 heavy (non-hydrogen) atoms. The number of anilines is 8. The summed E-state index contributed by atoms with van der Waals surface area (Å²) in [4.78, 5) is 8.46. The van der Waals surface area contributed by atoms with E-state index in [1.54, 1.807) is 0 Å². The van der Waals surface area contributed by atoms with E-state index in [-0.39, 0.29) is 79.0 Å². The molecule has 0 fully saturated rings. The molecule has 9 aromatic carbocycles. The first-order valence-corrected chi connectivity index (χ1v) is 27.2. The second-order valence-electron chi connectivity index (χ2n) is 23.8. The largest absolute Gasteiger partial charge is 4.00 e. The van der Waals surface area contributed by atoms with Gasteiger partial charge in [-0.2, -0.15) is 6.07 Å². The Morgan fingerprint density at radius 3 is 1.08 bits per heavy atom. The Morgan fingerprint density at radius 1 is 0.392 bits per heavy atom. The topological polar surface area (TPSA) is 36.8 Å². The van der Waals surface area contributed by atoms with E-state index < -0.39 is 0 Å². The summed E-state index contributed by atoms with van der Waals surface area (Å²) in [7, 11) is 0. The maximum atomic E-state index is 9.83. The number of para-hydroxylation sites is 6. The predicted octanol–water partition coefficient (Wildman–Crippen LogP) is 19.8. The molecule has 0 saturated carbocycles. The zero-order chi connectivity index (χ0) is 59.4. The third-order valence-electron chi connectivity index (χ3n) is 17.1. The van der Waals surface area contributed by atoms with Gasteiger partial charge in [-0.1, -0.05) is 213 Å². The average molecular weight is 1220 g/mol. The van der Waals surface area contributed by atoms with Gasteiger partial charge >= 0.3 is 21.1 Å². The first kappa shape index (κ1) is 46.3. The summed E-state index contributed by atoms with van der Waals surface area (Å²) >= 11 is 0. The van der Waals surface area contributed by atoms with E-state index in [0.29, 0.717) is 33.6 Å². The van der Waals surface area contributed by atoms with Crippen LogP contribution >= 0.6 is 0 Å². The van der Waals surface area contributed by atoms with E-state index in [9.17, 15) is 8.22 Å². The van der Waals surface area contributed by atoms with E-state index in [4.69, 9.17) is 11.8 Å². The molecule has 0 amide bonds. The van der Waals surface area contributed by atoms with Crippen molar-refractivity contribution < 1.29 is 29.3 Å². The molecule has 0 radical (unpaired) electrons. The van der Waals surface area contributed by atoms with Crippen LogP contribution in [0, 0.1) is 31.2 Å². The first-order valence-electron chi connectivity index (χ1n) is 30.2. The summed E-state index contributed by atoms with van der Waals surface area (Å²) in [5.74, 6) is 0. The van der Waals surface area contributed by atoms with Crippen molar-refractivity contribution in [3.05, 3.63) is 248 Å². The van der Waals surface area contributed by atoms with Crippen molar-refractivity contribution in [2.75, 3.05) is 19.6 Å². The Morgan fingerprint density at radius 2 is 0.709 bits per heavy atom. The first-order chi connectivity index (χ1) is 40.2. The van der Waals surface area contributed by atoms with Gasteiger partial charge in [-0.3, -0.25) is 0 Å². The maximum absolute atomic E-state index is 9.83. The molecule has 0 bridgehead atoms. The van der Waals surface area contributed by atoms with Gasteiger partial charge in [-0.15, -0.1) is 42.9 Å². The summed E-state index contributed by atoms with van der Waals surface area (Å²) in [6.07, 6.45) is 4.19. The predicted molar refractivity (Wildman–Crippen MR) is 325 cm³/mol. The standard InChI is InChI=1S/C72H67N4.CN.Pt/c1-69(2)40-42-71(5,6)61-44-51(36-38-59(61)69)57-30-20-28-55(49-22-11-9-12-23-49)67(57)75-47-73(63-32-15-17-34-65(63)75)53-26-19-27-54(46-53)74-48-76(66-35-18-16-33-64(66)74)68-56(50-24-13-10-14-25-50)29-21-31-58(68)52-37-39-60-62(45-52)72(7,8)43-41-70(60,3)4;1-2;/h9-39,44-45,47-48H,40-43H2,1-8H3;;/q-3;-1;+4/i20D,21D,28D,29D,30D,31D;;. The van der Waals surface area contributed by atoms with Gasteiger partial charge in [0.1, 0.15) is 0 Å². The summed E-state index contributed by atoms with van der Waals surface area (Å²) in [6.45, 7) is 27.3. The van der Waals surface area contributed by atoms with Gasteiger partial charge in [0.2, 0.25) is 0 Å². The molecule has 2 aliphatic carbocycles. The van der Waals surface area contributed by atoms with Gasteiger partial charge in [0, 0.05) is 56.4 Å². The van der Waals surface area contributed by atoms with E-state index in [1.807, 2.05) is 116 Å². The van der Waals surface area contributed by atoms with Gasteiger partial charge in [-0.05, 0) is 116 Å². The van der Waals surface area contributed by atoms with Crippen LogP contribution in [-0.4, -0.2) is 0 Å². The van der Waals surface area contributed by atoms with Crippen molar-refractivity contribution in [2.24, 2.45) is 0 Å². The van der Waals surface area contributed by atoms with Crippen LogP contribution in [0.3, 0.4) is 0 Å². The zero-order valence-electron chi connectivity index (χ0n) is 52.1. The fourth-order valence-electron chi connectivity index (χ4n) is 12.5. The van der Waals surface area contributed by atoms with Crippen LogP contribution in [0.2, 0.25) is 0 Å². The van der Waals surface area contributed by atoms with Crippen molar-refractivity contribution in [1.29, 1.82) is 5.26 Å². The number of hydrogen-bond acceptors (Lipinski definition) is 5. The van der Waals surface area contributed by atoms with Crippen molar-refractivity contribution in [2.45, 2.75) is 103 Å². The van der Waals surface area contributed by atoms with E-state index in [2.05, 4.69) is 142 Å². The van der Waals surface area contributed by atoms with E-state index >= 15 is 0 Å². The minimum atomic E-state index is -0.122. The van der Waals surface area contributed by atoms with Crippen molar-refractivity contribution in [3.8, 4) is 44.5 Å². The quantitative estimate of drug-likeness (QED) is 0.142. The Kier molecular flexibility index (Phi) is 12.0. The molecule has 2 heterocycles. The zero-order valence-corrected chi connectivity index (χ0v) is 48.4. The van der Waals surface area contributed by atoms with E-state index in [1.165, 1.54) is 22.3 Å². The van der Waals surface area contributed by atoms with Crippen LogP contribution in [0.25, 0.3) is 44.5 Å². The van der Waals surface area contributed by atoms with Crippen LogP contribution in [0.5, 0.6) is 0 Å². The molecule has 0 aromatic heterocycles. The Labute approximate surface area is 492 Å². The normalized spacial score (nSPS) is 17.9. The summed E-state index contributed by atoms with van der Waals surface area (Å²) in [6, 6.07) is 59.1. The molecule has 0 saturated heterocycles. The Balaban J connectivity index is 0.00000248. The number of rotatable bonds is 8. The molecule has 394 valence electrons.